The molecule has 3 amide bonds. The number of carbonyl (C=O) groups is 4. The number of hydrogen-bond donors (Lipinski definition) is 2. The molecule has 202 valence electrons. The molecule has 11 heteroatoms. The lowest BCUT2D eigenvalue weighted by molar-refractivity contribution is -0.384. The molecule has 1 fully saturated rings. The second-order valence-electron chi connectivity index (χ2n) is 10.00. The van der Waals surface area contributed by atoms with Crippen molar-refractivity contribution in [1.29, 1.82) is 0 Å². The number of carboxylic acids is 1. The number of carboxylic acid groups (broad SMARTS) is 1. The standard InChI is InChI=1S/C27H32N4O7/c1-18(17-32)13-22(15-28-23(14-24(33)34)20-7-5-4-6-8-20)30-25(35)27(2,3)29(26(30)36)16-19-9-11-21(12-10-19)31(37)38/h4-12,17-18,22-23,28H,13-16H2,1-3H3,(H,33,34)/t18?,22-,23+/m1/s1. The summed E-state index contributed by atoms with van der Waals surface area (Å²) in [6.07, 6.45) is 0.743. The summed E-state index contributed by atoms with van der Waals surface area (Å²) in [6, 6.07) is 12.9. The van der Waals surface area contributed by atoms with E-state index in [1.54, 1.807) is 57.2 Å². The maximum atomic E-state index is 13.6. The van der Waals surface area contributed by atoms with Gasteiger partial charge in [0.2, 0.25) is 0 Å². The highest BCUT2D eigenvalue weighted by atomic mass is 16.6. The van der Waals surface area contributed by atoms with Crippen LogP contribution in [-0.2, 0) is 20.9 Å². The van der Waals surface area contributed by atoms with Crippen LogP contribution in [0.3, 0.4) is 0 Å². The first-order chi connectivity index (χ1) is 17.9. The molecular weight excluding hydrogens is 492 g/mol. The Labute approximate surface area is 220 Å². The zero-order chi connectivity index (χ0) is 28.0. The summed E-state index contributed by atoms with van der Waals surface area (Å²) < 4.78 is 0. The summed E-state index contributed by atoms with van der Waals surface area (Å²) in [5, 5.41) is 23.6. The van der Waals surface area contributed by atoms with Crippen LogP contribution in [0.2, 0.25) is 0 Å². The molecule has 0 bridgehead atoms. The second-order valence-corrected chi connectivity index (χ2v) is 10.00. The first kappa shape index (κ1) is 28.5. The van der Waals surface area contributed by atoms with Gasteiger partial charge in [0.25, 0.3) is 11.6 Å². The molecule has 3 rings (SSSR count). The molecule has 1 heterocycles. The fourth-order valence-electron chi connectivity index (χ4n) is 4.57. The topological polar surface area (TPSA) is 150 Å². The first-order valence-electron chi connectivity index (χ1n) is 12.3. The molecule has 0 spiro atoms. The molecule has 0 radical (unpaired) electrons. The zero-order valence-electron chi connectivity index (χ0n) is 21.6. The van der Waals surface area contributed by atoms with Crippen LogP contribution in [0.4, 0.5) is 10.5 Å². The number of aliphatic carboxylic acids is 1. The van der Waals surface area contributed by atoms with Crippen LogP contribution in [0.5, 0.6) is 0 Å². The van der Waals surface area contributed by atoms with Crippen molar-refractivity contribution in [3.63, 3.8) is 0 Å². The Morgan fingerprint density at radius 2 is 1.76 bits per heavy atom. The number of carbonyl (C=O) groups excluding carboxylic acids is 3. The number of imide groups is 1. The van der Waals surface area contributed by atoms with Crippen molar-refractivity contribution in [1.82, 2.24) is 15.1 Å². The lowest BCUT2D eigenvalue weighted by Crippen LogP contribution is -2.48. The SMILES string of the molecule is CC(C=O)C[C@H](CN[C@@H](CC(=O)O)c1ccccc1)N1C(=O)N(Cc2ccc([N+](=O)[O-])cc2)C(C)(C)C1=O. The van der Waals surface area contributed by atoms with Crippen molar-refractivity contribution >= 4 is 29.9 Å². The zero-order valence-corrected chi connectivity index (χ0v) is 21.6. The molecule has 3 atom stereocenters. The number of nitrogens with one attached hydrogen (secondary N) is 1. The molecule has 1 saturated heterocycles. The summed E-state index contributed by atoms with van der Waals surface area (Å²) in [5.74, 6) is -1.90. The van der Waals surface area contributed by atoms with Crippen molar-refractivity contribution < 1.29 is 29.2 Å². The normalized spacial score (nSPS) is 17.2. The summed E-state index contributed by atoms with van der Waals surface area (Å²) in [4.78, 5) is 63.2. The lowest BCUT2D eigenvalue weighted by atomic mass is 9.98. The van der Waals surface area contributed by atoms with Gasteiger partial charge in [-0.25, -0.2) is 4.79 Å². The Hall–Kier alpha value is -4.12. The quantitative estimate of drug-likeness (QED) is 0.175. The van der Waals surface area contributed by atoms with Gasteiger partial charge in [0.05, 0.1) is 17.4 Å². The number of hydrogen-bond acceptors (Lipinski definition) is 7. The minimum atomic E-state index is -1.21. The second kappa shape index (κ2) is 12.0. The monoisotopic (exact) mass is 524 g/mol. The van der Waals surface area contributed by atoms with Crippen molar-refractivity contribution in [3.05, 3.63) is 75.8 Å². The smallest absolute Gasteiger partial charge is 0.328 e. The molecule has 38 heavy (non-hydrogen) atoms. The lowest BCUT2D eigenvalue weighted by Gasteiger charge is -2.29. The summed E-state index contributed by atoms with van der Waals surface area (Å²) in [7, 11) is 0. The van der Waals surface area contributed by atoms with E-state index in [2.05, 4.69) is 5.32 Å². The molecule has 2 aromatic carbocycles. The van der Waals surface area contributed by atoms with Crippen molar-refractivity contribution in [3.8, 4) is 0 Å². The van der Waals surface area contributed by atoms with Crippen molar-refractivity contribution in [2.75, 3.05) is 6.54 Å². The number of aldehydes is 1. The Kier molecular flexibility index (Phi) is 8.95. The van der Waals surface area contributed by atoms with E-state index >= 15 is 0 Å². The maximum Gasteiger partial charge on any atom is 0.328 e. The minimum Gasteiger partial charge on any atom is -0.481 e. The molecule has 11 nitrogen and oxygen atoms in total. The summed E-state index contributed by atoms with van der Waals surface area (Å²) in [5.41, 5.74) is 0.0767. The third kappa shape index (κ3) is 6.41. The number of benzene rings is 2. The van der Waals surface area contributed by atoms with Gasteiger partial charge in [-0.1, -0.05) is 49.4 Å². The average molecular weight is 525 g/mol. The van der Waals surface area contributed by atoms with Crippen LogP contribution in [0.1, 0.15) is 50.8 Å². The molecular formula is C27H32N4O7. The minimum absolute atomic E-state index is 0.0567. The van der Waals surface area contributed by atoms with E-state index in [9.17, 15) is 34.4 Å². The van der Waals surface area contributed by atoms with E-state index in [0.29, 0.717) is 5.56 Å². The Morgan fingerprint density at radius 1 is 1.13 bits per heavy atom. The van der Waals surface area contributed by atoms with E-state index < -0.39 is 46.4 Å². The fourth-order valence-corrected chi connectivity index (χ4v) is 4.57. The van der Waals surface area contributed by atoms with E-state index in [1.807, 2.05) is 6.07 Å². The fraction of sp³-hybridized carbons (Fsp3) is 0.407. The number of nitro benzene ring substituents is 1. The Morgan fingerprint density at radius 3 is 2.32 bits per heavy atom. The van der Waals surface area contributed by atoms with Gasteiger partial charge < -0.3 is 20.1 Å². The highest BCUT2D eigenvalue weighted by Crippen LogP contribution is 2.33. The highest BCUT2D eigenvalue weighted by molar-refractivity contribution is 6.06. The van der Waals surface area contributed by atoms with Crippen LogP contribution in [0.15, 0.2) is 54.6 Å². The molecule has 2 N–H and O–H groups in total. The van der Waals surface area contributed by atoms with Gasteiger partial charge in [0.1, 0.15) is 11.8 Å². The van der Waals surface area contributed by atoms with Crippen LogP contribution < -0.4 is 5.32 Å². The Balaban J connectivity index is 1.86. The van der Waals surface area contributed by atoms with Crippen molar-refractivity contribution in [2.24, 2.45) is 5.92 Å². The molecule has 1 aliphatic heterocycles. The average Bonchev–Trinajstić information content (AvgIpc) is 3.05. The predicted molar refractivity (Wildman–Crippen MR) is 138 cm³/mol. The molecule has 0 aliphatic carbocycles. The molecule has 0 aromatic heterocycles. The third-order valence-electron chi connectivity index (χ3n) is 6.76. The summed E-state index contributed by atoms with van der Waals surface area (Å²) >= 11 is 0. The van der Waals surface area contributed by atoms with E-state index in [-0.39, 0.29) is 31.6 Å². The number of non-ortho nitro benzene ring substituents is 1. The van der Waals surface area contributed by atoms with Gasteiger partial charge in [-0.15, -0.1) is 0 Å². The summed E-state index contributed by atoms with van der Waals surface area (Å²) in [6.45, 7) is 5.09. The highest BCUT2D eigenvalue weighted by Gasteiger charge is 2.53. The van der Waals surface area contributed by atoms with Gasteiger partial charge in [0.15, 0.2) is 0 Å². The number of nitro groups is 1. The molecule has 1 aliphatic rings. The van der Waals surface area contributed by atoms with Gasteiger partial charge >= 0.3 is 12.0 Å². The molecule has 1 unspecified atom stereocenters. The van der Waals surface area contributed by atoms with E-state index in [1.165, 1.54) is 17.0 Å². The first-order valence-corrected chi connectivity index (χ1v) is 12.3. The van der Waals surface area contributed by atoms with Crippen LogP contribution in [0.25, 0.3) is 0 Å². The van der Waals surface area contributed by atoms with Gasteiger partial charge in [-0.2, -0.15) is 0 Å². The number of rotatable bonds is 13. The number of nitrogens with zero attached hydrogens (tertiary/aromatic N) is 3. The Bertz CT molecular complexity index is 1180. The van der Waals surface area contributed by atoms with Gasteiger partial charge in [0, 0.05) is 37.2 Å². The van der Waals surface area contributed by atoms with E-state index in [4.69, 9.17) is 0 Å². The van der Waals surface area contributed by atoms with Gasteiger partial charge in [-0.05, 0) is 31.4 Å². The van der Waals surface area contributed by atoms with Crippen LogP contribution in [0, 0.1) is 16.0 Å². The van der Waals surface area contributed by atoms with E-state index in [0.717, 1.165) is 16.7 Å². The predicted octanol–water partition coefficient (Wildman–Crippen LogP) is 3.54. The van der Waals surface area contributed by atoms with Crippen LogP contribution >= 0.6 is 0 Å². The molecule has 0 saturated carbocycles. The largest absolute Gasteiger partial charge is 0.481 e. The van der Waals surface area contributed by atoms with Crippen molar-refractivity contribution in [2.45, 2.75) is 57.8 Å². The number of urea groups is 1. The maximum absolute atomic E-state index is 13.6. The third-order valence-corrected chi connectivity index (χ3v) is 6.76. The number of amides is 3. The molecule has 2 aromatic rings. The van der Waals surface area contributed by atoms with Crippen LogP contribution in [-0.4, -0.2) is 62.1 Å². The van der Waals surface area contributed by atoms with Gasteiger partial charge in [-0.3, -0.25) is 24.6 Å².